The first-order valence-corrected chi connectivity index (χ1v) is 14.3. The topological polar surface area (TPSA) is 109 Å². The minimum atomic E-state index is -4.11. The lowest BCUT2D eigenvalue weighted by atomic mass is 9.97. The Labute approximate surface area is 230 Å². The molecule has 0 aliphatic carbocycles. The monoisotopic (exact) mass is 557 g/mol. The van der Waals surface area contributed by atoms with Crippen molar-refractivity contribution in [3.8, 4) is 17.0 Å². The number of pyridine rings is 1. The van der Waals surface area contributed by atoms with Gasteiger partial charge in [-0.05, 0) is 62.6 Å². The number of benzene rings is 2. The number of ether oxygens (including phenoxy) is 1. The number of anilines is 1. The standard InChI is InChI=1S/C29H34FN3O5S.H2/c1-19-15-29(3,4)33(16-19)27-25(28(35)32-39(36,37)24-8-6-5-7-9-24)10-11-26(31-27)21-12-22(30)14-23(13-21)38-18-20(2)17-34;/h5-14,19-20,34H,15-18H2,1-4H3,(H,32,35);1H/t19-,20?;/m0./s1. The molecule has 1 aliphatic rings. The van der Waals surface area contributed by atoms with Crippen LogP contribution in [0.25, 0.3) is 11.3 Å². The van der Waals surface area contributed by atoms with Crippen LogP contribution in [0.4, 0.5) is 10.2 Å². The average Bonchev–Trinajstić information content (AvgIpc) is 3.18. The van der Waals surface area contributed by atoms with Gasteiger partial charge in [0.1, 0.15) is 17.4 Å². The number of nitrogens with one attached hydrogen (secondary N) is 1. The zero-order valence-corrected chi connectivity index (χ0v) is 23.3. The molecule has 39 heavy (non-hydrogen) atoms. The first kappa shape index (κ1) is 28.5. The Hall–Kier alpha value is -3.50. The van der Waals surface area contributed by atoms with Crippen molar-refractivity contribution in [3.05, 3.63) is 72.0 Å². The quantitative estimate of drug-likeness (QED) is 0.386. The number of hydrogen-bond acceptors (Lipinski definition) is 7. The van der Waals surface area contributed by atoms with Gasteiger partial charge in [-0.2, -0.15) is 0 Å². The van der Waals surface area contributed by atoms with Gasteiger partial charge in [0.05, 0.1) is 22.8 Å². The van der Waals surface area contributed by atoms with E-state index in [4.69, 9.17) is 9.72 Å². The van der Waals surface area contributed by atoms with Gasteiger partial charge in [-0.25, -0.2) is 22.5 Å². The summed E-state index contributed by atoms with van der Waals surface area (Å²) in [4.78, 5) is 20.1. The molecule has 1 aliphatic heterocycles. The second kappa shape index (κ2) is 11.3. The van der Waals surface area contributed by atoms with Gasteiger partial charge >= 0.3 is 0 Å². The Morgan fingerprint density at radius 2 is 1.95 bits per heavy atom. The molecule has 1 amide bonds. The summed E-state index contributed by atoms with van der Waals surface area (Å²) in [5.41, 5.74) is 0.596. The fourth-order valence-electron chi connectivity index (χ4n) is 4.87. The highest BCUT2D eigenvalue weighted by molar-refractivity contribution is 7.90. The number of hydrogen-bond donors (Lipinski definition) is 2. The number of rotatable bonds is 9. The largest absolute Gasteiger partial charge is 0.493 e. The van der Waals surface area contributed by atoms with Crippen LogP contribution in [0.2, 0.25) is 0 Å². The third-order valence-electron chi connectivity index (χ3n) is 6.74. The smallest absolute Gasteiger partial charge is 0.268 e. The summed E-state index contributed by atoms with van der Waals surface area (Å²) in [7, 11) is -4.11. The molecule has 10 heteroatoms. The molecular weight excluding hydrogens is 521 g/mol. The van der Waals surface area contributed by atoms with E-state index in [-0.39, 0.29) is 36.6 Å². The van der Waals surface area contributed by atoms with Gasteiger partial charge in [-0.15, -0.1) is 0 Å². The molecule has 1 saturated heterocycles. The van der Waals surface area contributed by atoms with Gasteiger partial charge in [-0.3, -0.25) is 4.79 Å². The van der Waals surface area contributed by atoms with Gasteiger partial charge < -0.3 is 14.7 Å². The predicted molar refractivity (Wildman–Crippen MR) is 150 cm³/mol. The van der Waals surface area contributed by atoms with Crippen molar-refractivity contribution in [1.82, 2.24) is 9.71 Å². The van der Waals surface area contributed by atoms with Gasteiger partial charge in [0.15, 0.2) is 0 Å². The van der Waals surface area contributed by atoms with Crippen LogP contribution in [-0.2, 0) is 10.0 Å². The highest BCUT2D eigenvalue weighted by atomic mass is 32.2. The van der Waals surface area contributed by atoms with Gasteiger partial charge in [-0.1, -0.05) is 32.0 Å². The molecule has 2 N–H and O–H groups in total. The minimum absolute atomic E-state index is 0. The Balaban J connectivity index is 0.00000441. The molecule has 210 valence electrons. The first-order chi connectivity index (χ1) is 18.4. The number of aliphatic hydroxyl groups is 1. The Morgan fingerprint density at radius 3 is 2.59 bits per heavy atom. The zero-order valence-electron chi connectivity index (χ0n) is 22.5. The molecule has 8 nitrogen and oxygen atoms in total. The van der Waals surface area contributed by atoms with Crippen LogP contribution in [0.1, 0.15) is 45.9 Å². The van der Waals surface area contributed by atoms with E-state index in [2.05, 4.69) is 11.6 Å². The fourth-order valence-corrected chi connectivity index (χ4v) is 5.86. The van der Waals surface area contributed by atoms with Crippen molar-refractivity contribution in [2.75, 3.05) is 24.7 Å². The van der Waals surface area contributed by atoms with E-state index in [0.717, 1.165) is 6.42 Å². The Bertz CT molecular complexity index is 1450. The Kier molecular flexibility index (Phi) is 8.27. The molecule has 2 atom stereocenters. The van der Waals surface area contributed by atoms with Crippen molar-refractivity contribution < 1.29 is 28.9 Å². The number of aromatic nitrogens is 1. The second-order valence-corrected chi connectivity index (χ2v) is 12.5. The van der Waals surface area contributed by atoms with Gasteiger partial charge in [0.2, 0.25) is 0 Å². The normalized spacial score (nSPS) is 17.6. The lowest BCUT2D eigenvalue weighted by Gasteiger charge is -2.34. The summed E-state index contributed by atoms with van der Waals surface area (Å²) in [6.07, 6.45) is 0.850. The van der Waals surface area contributed by atoms with E-state index in [1.165, 1.54) is 30.3 Å². The van der Waals surface area contributed by atoms with Crippen LogP contribution < -0.4 is 14.4 Å². The fraction of sp³-hybridized carbons (Fsp3) is 0.379. The molecule has 1 unspecified atom stereocenters. The highest BCUT2D eigenvalue weighted by Crippen LogP contribution is 2.38. The van der Waals surface area contributed by atoms with Crippen LogP contribution in [0.3, 0.4) is 0 Å². The van der Waals surface area contributed by atoms with E-state index in [1.807, 2.05) is 25.7 Å². The van der Waals surface area contributed by atoms with E-state index >= 15 is 0 Å². The van der Waals surface area contributed by atoms with E-state index in [0.29, 0.717) is 35.3 Å². The molecule has 3 aromatic rings. The maximum Gasteiger partial charge on any atom is 0.268 e. The Morgan fingerprint density at radius 1 is 1.23 bits per heavy atom. The molecule has 1 fully saturated rings. The SMILES string of the molecule is CC(CO)COc1cc(F)cc(-c2ccc(C(=O)NS(=O)(=O)c3ccccc3)c(N3C[C@@H](C)CC3(C)C)n2)c1.[HH]. The molecular formula is C29H36FN3O5S. The maximum atomic E-state index is 14.6. The number of amides is 1. The summed E-state index contributed by atoms with van der Waals surface area (Å²) < 4.78 is 48.2. The molecule has 4 rings (SSSR count). The lowest BCUT2D eigenvalue weighted by molar-refractivity contribution is 0.0981. The van der Waals surface area contributed by atoms with Crippen molar-refractivity contribution >= 4 is 21.7 Å². The van der Waals surface area contributed by atoms with Crippen molar-refractivity contribution in [2.24, 2.45) is 11.8 Å². The van der Waals surface area contributed by atoms with E-state index in [1.54, 1.807) is 30.3 Å². The molecule has 0 saturated carbocycles. The van der Waals surface area contributed by atoms with E-state index in [9.17, 15) is 22.7 Å². The van der Waals surface area contributed by atoms with Crippen LogP contribution >= 0.6 is 0 Å². The summed E-state index contributed by atoms with van der Waals surface area (Å²) in [6.45, 7) is 8.79. The van der Waals surface area contributed by atoms with Crippen molar-refractivity contribution in [1.29, 1.82) is 0 Å². The average molecular weight is 558 g/mol. The van der Waals surface area contributed by atoms with Gasteiger partial charge in [0.25, 0.3) is 15.9 Å². The van der Waals surface area contributed by atoms with Crippen LogP contribution in [0, 0.1) is 17.7 Å². The zero-order chi connectivity index (χ0) is 28.4. The summed E-state index contributed by atoms with van der Waals surface area (Å²) >= 11 is 0. The predicted octanol–water partition coefficient (Wildman–Crippen LogP) is 4.88. The molecule has 1 aromatic heterocycles. The maximum absolute atomic E-state index is 14.6. The van der Waals surface area contributed by atoms with E-state index < -0.39 is 21.7 Å². The van der Waals surface area contributed by atoms with Crippen LogP contribution in [0.15, 0.2) is 65.6 Å². The lowest BCUT2D eigenvalue weighted by Crippen LogP contribution is -2.41. The first-order valence-electron chi connectivity index (χ1n) is 12.8. The molecule has 0 radical (unpaired) electrons. The number of sulfonamides is 1. The number of carbonyl (C=O) groups excluding carboxylic acids is 1. The van der Waals surface area contributed by atoms with Crippen LogP contribution in [-0.4, -0.2) is 49.7 Å². The third kappa shape index (κ3) is 6.57. The second-order valence-electron chi connectivity index (χ2n) is 10.8. The van der Waals surface area contributed by atoms with Crippen LogP contribution in [0.5, 0.6) is 5.75 Å². The number of halogens is 1. The summed E-state index contributed by atoms with van der Waals surface area (Å²) in [5.74, 6) is -0.511. The third-order valence-corrected chi connectivity index (χ3v) is 8.09. The highest BCUT2D eigenvalue weighted by Gasteiger charge is 2.39. The summed E-state index contributed by atoms with van der Waals surface area (Å²) in [5, 5.41) is 9.26. The minimum Gasteiger partial charge on any atom is -0.493 e. The summed E-state index contributed by atoms with van der Waals surface area (Å²) in [6, 6.07) is 15.0. The molecule has 0 bridgehead atoms. The van der Waals surface area contributed by atoms with Crippen molar-refractivity contribution in [2.45, 2.75) is 44.6 Å². The number of carbonyl (C=O) groups is 1. The number of nitrogens with zero attached hydrogens (tertiary/aromatic N) is 2. The van der Waals surface area contributed by atoms with Crippen molar-refractivity contribution in [3.63, 3.8) is 0 Å². The molecule has 2 aromatic carbocycles. The molecule has 0 spiro atoms. The van der Waals surface area contributed by atoms with Gasteiger partial charge in [0, 0.05) is 37.7 Å². The number of aliphatic hydroxyl groups excluding tert-OH is 1. The molecule has 2 heterocycles.